The Hall–Kier alpha value is -2.83. The lowest BCUT2D eigenvalue weighted by atomic mass is 10.3. The van der Waals surface area contributed by atoms with Gasteiger partial charge >= 0.3 is 6.01 Å². The smallest absolute Gasteiger partial charge is 0.323 e. The number of rotatable bonds is 2. The van der Waals surface area contributed by atoms with Crippen molar-refractivity contribution in [1.29, 1.82) is 0 Å². The third-order valence-electron chi connectivity index (χ3n) is 2.85. The zero-order chi connectivity index (χ0) is 14.3. The molecule has 0 unspecified atom stereocenters. The molecule has 7 heteroatoms. The third kappa shape index (κ3) is 1.89. The van der Waals surface area contributed by atoms with E-state index in [0.717, 1.165) is 0 Å². The van der Waals surface area contributed by atoms with Gasteiger partial charge in [-0.15, -0.1) is 0 Å². The monoisotopic (exact) mass is 271 g/mol. The molecule has 20 heavy (non-hydrogen) atoms. The Morgan fingerprint density at radius 3 is 2.85 bits per heavy atom. The van der Waals surface area contributed by atoms with Crippen molar-refractivity contribution in [2.45, 2.75) is 0 Å². The van der Waals surface area contributed by atoms with Crippen LogP contribution in [-0.4, -0.2) is 39.7 Å². The van der Waals surface area contributed by atoms with Crippen LogP contribution in [0.1, 0.15) is 10.5 Å². The molecule has 0 aliphatic carbocycles. The maximum Gasteiger partial charge on any atom is 0.323 e. The molecule has 2 N–H and O–H groups in total. The number of oxazole rings is 1. The Morgan fingerprint density at radius 1 is 1.35 bits per heavy atom. The van der Waals surface area contributed by atoms with Crippen molar-refractivity contribution in [3.63, 3.8) is 0 Å². The number of carbonyl (C=O) groups excluding carboxylic acids is 1. The molecule has 0 saturated carbocycles. The first-order valence-electron chi connectivity index (χ1n) is 5.99. The van der Waals surface area contributed by atoms with Crippen LogP contribution in [0.2, 0.25) is 0 Å². The SMILES string of the molecule is CN(C)C(=O)c1ccn(-c2nc3c(N)cccc3o2)n1. The van der Waals surface area contributed by atoms with E-state index < -0.39 is 0 Å². The molecule has 2 heterocycles. The van der Waals surface area contributed by atoms with Gasteiger partial charge in [-0.25, -0.2) is 0 Å². The van der Waals surface area contributed by atoms with Gasteiger partial charge in [-0.3, -0.25) is 4.79 Å². The first-order chi connectivity index (χ1) is 9.56. The summed E-state index contributed by atoms with van der Waals surface area (Å²) in [5.41, 5.74) is 7.85. The summed E-state index contributed by atoms with van der Waals surface area (Å²) in [6, 6.07) is 7.20. The summed E-state index contributed by atoms with van der Waals surface area (Å²) in [7, 11) is 3.34. The van der Waals surface area contributed by atoms with E-state index in [1.165, 1.54) is 9.58 Å². The average Bonchev–Trinajstić information content (AvgIpc) is 3.04. The summed E-state index contributed by atoms with van der Waals surface area (Å²) in [6.45, 7) is 0. The fraction of sp³-hybridized carbons (Fsp3) is 0.154. The molecule has 0 bridgehead atoms. The highest BCUT2D eigenvalue weighted by atomic mass is 16.4. The Morgan fingerprint density at radius 2 is 2.15 bits per heavy atom. The van der Waals surface area contributed by atoms with E-state index >= 15 is 0 Å². The number of nitrogen functional groups attached to an aromatic ring is 1. The highest BCUT2D eigenvalue weighted by Crippen LogP contribution is 2.22. The molecule has 0 spiro atoms. The third-order valence-corrected chi connectivity index (χ3v) is 2.85. The van der Waals surface area contributed by atoms with E-state index in [2.05, 4.69) is 10.1 Å². The maximum absolute atomic E-state index is 11.8. The molecule has 0 fully saturated rings. The highest BCUT2D eigenvalue weighted by molar-refractivity contribution is 5.91. The van der Waals surface area contributed by atoms with Crippen molar-refractivity contribution in [1.82, 2.24) is 19.7 Å². The van der Waals surface area contributed by atoms with E-state index in [-0.39, 0.29) is 11.9 Å². The summed E-state index contributed by atoms with van der Waals surface area (Å²) in [4.78, 5) is 17.5. The number of amides is 1. The number of hydrogen-bond acceptors (Lipinski definition) is 5. The predicted molar refractivity (Wildman–Crippen MR) is 73.6 cm³/mol. The molecule has 0 aliphatic heterocycles. The molecule has 0 radical (unpaired) electrons. The lowest BCUT2D eigenvalue weighted by Crippen LogP contribution is -2.22. The molecule has 0 atom stereocenters. The van der Waals surface area contributed by atoms with E-state index in [1.54, 1.807) is 44.6 Å². The minimum Gasteiger partial charge on any atom is -0.422 e. The second-order valence-electron chi connectivity index (χ2n) is 4.54. The van der Waals surface area contributed by atoms with Crippen LogP contribution in [0.3, 0.4) is 0 Å². The van der Waals surface area contributed by atoms with Crippen molar-refractivity contribution in [2.24, 2.45) is 0 Å². The molecule has 0 saturated heterocycles. The quantitative estimate of drug-likeness (QED) is 0.709. The number of aromatic nitrogens is 3. The van der Waals surface area contributed by atoms with Gasteiger partial charge in [0.2, 0.25) is 0 Å². The zero-order valence-electron chi connectivity index (χ0n) is 11.1. The van der Waals surface area contributed by atoms with E-state index in [9.17, 15) is 4.79 Å². The summed E-state index contributed by atoms with van der Waals surface area (Å²) >= 11 is 0. The number of nitrogens with two attached hydrogens (primary N) is 1. The zero-order valence-corrected chi connectivity index (χ0v) is 11.1. The first kappa shape index (κ1) is 12.2. The lowest BCUT2D eigenvalue weighted by Gasteiger charge is -2.06. The molecule has 7 nitrogen and oxygen atoms in total. The van der Waals surface area contributed by atoms with Crippen molar-refractivity contribution in [3.05, 3.63) is 36.2 Å². The van der Waals surface area contributed by atoms with Crippen LogP contribution in [-0.2, 0) is 0 Å². The van der Waals surface area contributed by atoms with Gasteiger partial charge in [-0.05, 0) is 18.2 Å². The van der Waals surface area contributed by atoms with Crippen LogP contribution in [0.25, 0.3) is 17.1 Å². The maximum atomic E-state index is 11.8. The largest absolute Gasteiger partial charge is 0.422 e. The van der Waals surface area contributed by atoms with E-state index in [1.807, 2.05) is 0 Å². The number of anilines is 1. The van der Waals surface area contributed by atoms with E-state index in [0.29, 0.717) is 22.5 Å². The Bertz CT molecular complexity index is 787. The first-order valence-corrected chi connectivity index (χ1v) is 5.99. The fourth-order valence-corrected chi connectivity index (χ4v) is 1.83. The Labute approximate surface area is 114 Å². The second kappa shape index (κ2) is 4.37. The number of para-hydroxylation sites is 1. The molecule has 102 valence electrons. The molecule has 3 aromatic rings. The minimum absolute atomic E-state index is 0.181. The topological polar surface area (TPSA) is 90.2 Å². The molecule has 1 amide bonds. The lowest BCUT2D eigenvalue weighted by molar-refractivity contribution is 0.0821. The predicted octanol–water partition coefficient (Wildman–Crippen LogP) is 1.30. The van der Waals surface area contributed by atoms with Crippen molar-refractivity contribution in [3.8, 4) is 6.01 Å². The standard InChI is InChI=1S/C13H13N5O2/c1-17(2)12(19)9-6-7-18(16-9)13-15-11-8(14)4-3-5-10(11)20-13/h3-7H,14H2,1-2H3. The van der Waals surface area contributed by atoms with Gasteiger partial charge in [-0.1, -0.05) is 6.07 Å². The van der Waals surface area contributed by atoms with Crippen LogP contribution < -0.4 is 5.73 Å². The number of carbonyl (C=O) groups is 1. The summed E-state index contributed by atoms with van der Waals surface area (Å²) in [5.74, 6) is -0.181. The number of nitrogens with zero attached hydrogens (tertiary/aromatic N) is 4. The minimum atomic E-state index is -0.181. The number of benzene rings is 1. The van der Waals surface area contributed by atoms with Gasteiger partial charge < -0.3 is 15.1 Å². The molecular weight excluding hydrogens is 258 g/mol. The highest BCUT2D eigenvalue weighted by Gasteiger charge is 2.15. The van der Waals surface area contributed by atoms with Crippen LogP contribution in [0.15, 0.2) is 34.9 Å². The van der Waals surface area contributed by atoms with Crippen molar-refractivity contribution < 1.29 is 9.21 Å². The van der Waals surface area contributed by atoms with Crippen molar-refractivity contribution >= 4 is 22.7 Å². The number of hydrogen-bond donors (Lipinski definition) is 1. The van der Waals surface area contributed by atoms with Crippen LogP contribution in [0, 0.1) is 0 Å². The summed E-state index contributed by atoms with van der Waals surface area (Å²) in [5, 5.41) is 4.15. The average molecular weight is 271 g/mol. The van der Waals surface area contributed by atoms with Crippen LogP contribution in [0.4, 0.5) is 5.69 Å². The number of fused-ring (bicyclic) bond motifs is 1. The normalized spacial score (nSPS) is 10.9. The summed E-state index contributed by atoms with van der Waals surface area (Å²) in [6.07, 6.45) is 1.62. The Kier molecular flexibility index (Phi) is 2.67. The molecule has 1 aromatic carbocycles. The molecule has 0 aliphatic rings. The van der Waals surface area contributed by atoms with Crippen LogP contribution in [0.5, 0.6) is 0 Å². The second-order valence-corrected chi connectivity index (χ2v) is 4.54. The fourth-order valence-electron chi connectivity index (χ4n) is 1.83. The van der Waals surface area contributed by atoms with E-state index in [4.69, 9.17) is 10.2 Å². The molecular formula is C13H13N5O2. The van der Waals surface area contributed by atoms with Crippen LogP contribution >= 0.6 is 0 Å². The molecule has 2 aromatic heterocycles. The van der Waals surface area contributed by atoms with Gasteiger partial charge in [0.25, 0.3) is 5.91 Å². The molecule has 3 rings (SSSR count). The van der Waals surface area contributed by atoms with Gasteiger partial charge in [0.15, 0.2) is 11.3 Å². The van der Waals surface area contributed by atoms with Gasteiger partial charge in [-0.2, -0.15) is 14.8 Å². The Balaban J connectivity index is 2.03. The van der Waals surface area contributed by atoms with Gasteiger partial charge in [0.1, 0.15) is 5.52 Å². The summed E-state index contributed by atoms with van der Waals surface area (Å²) < 4.78 is 6.99. The van der Waals surface area contributed by atoms with Gasteiger partial charge in [0.05, 0.1) is 5.69 Å². The van der Waals surface area contributed by atoms with Gasteiger partial charge in [0, 0.05) is 20.3 Å². The van der Waals surface area contributed by atoms with Crippen molar-refractivity contribution in [2.75, 3.05) is 19.8 Å².